The number of aromatic nitrogens is 3. The third-order valence-corrected chi connectivity index (χ3v) is 2.96. The Morgan fingerprint density at radius 3 is 2.83 bits per heavy atom. The lowest BCUT2D eigenvalue weighted by Gasteiger charge is -2.06. The minimum Gasteiger partial charge on any atom is -0.436 e. The van der Waals surface area contributed by atoms with Crippen LogP contribution in [-0.4, -0.2) is 15.0 Å². The average Bonchev–Trinajstić information content (AvgIpc) is 2.41. The van der Waals surface area contributed by atoms with Crippen LogP contribution in [0.25, 0.3) is 10.9 Å². The van der Waals surface area contributed by atoms with E-state index in [1.807, 2.05) is 30.3 Å². The summed E-state index contributed by atoms with van der Waals surface area (Å²) in [5.41, 5.74) is 0.937. The molecule has 0 aliphatic heterocycles. The van der Waals surface area contributed by atoms with Crippen LogP contribution in [0.15, 0.2) is 53.5 Å². The van der Waals surface area contributed by atoms with Gasteiger partial charge in [0.2, 0.25) is 5.88 Å². The Balaban J connectivity index is 1.98. The van der Waals surface area contributed by atoms with Gasteiger partial charge in [0.25, 0.3) is 0 Å². The molecule has 0 bridgehead atoms. The van der Waals surface area contributed by atoms with E-state index in [-0.39, 0.29) is 0 Å². The highest BCUT2D eigenvalue weighted by atomic mass is 79.9. The third-order valence-electron chi connectivity index (χ3n) is 2.41. The highest BCUT2D eigenvalue weighted by Gasteiger charge is 2.05. The minimum atomic E-state index is 0.474. The number of para-hydroxylation sites is 1. The van der Waals surface area contributed by atoms with E-state index in [1.165, 1.54) is 6.33 Å². The molecule has 0 spiro atoms. The first-order valence-electron chi connectivity index (χ1n) is 5.31. The Morgan fingerprint density at radius 2 is 1.94 bits per heavy atom. The van der Waals surface area contributed by atoms with Gasteiger partial charge in [-0.05, 0) is 28.1 Å². The van der Waals surface area contributed by atoms with Crippen LogP contribution < -0.4 is 4.74 Å². The molecule has 0 saturated carbocycles. The van der Waals surface area contributed by atoms with Crippen molar-refractivity contribution in [2.45, 2.75) is 0 Å². The second-order valence-electron chi connectivity index (χ2n) is 3.64. The van der Waals surface area contributed by atoms with Gasteiger partial charge >= 0.3 is 0 Å². The highest BCUT2D eigenvalue weighted by Crippen LogP contribution is 2.27. The Hall–Kier alpha value is -2.01. The minimum absolute atomic E-state index is 0.474. The molecule has 0 N–H and O–H groups in total. The smallest absolute Gasteiger partial charge is 0.236 e. The van der Waals surface area contributed by atoms with Crippen LogP contribution in [0.1, 0.15) is 0 Å². The van der Waals surface area contributed by atoms with Crippen LogP contribution in [0.3, 0.4) is 0 Å². The molecule has 0 radical (unpaired) electrons. The predicted octanol–water partition coefficient (Wildman–Crippen LogP) is 3.58. The topological polar surface area (TPSA) is 47.9 Å². The molecule has 2 heterocycles. The van der Waals surface area contributed by atoms with E-state index in [4.69, 9.17) is 4.74 Å². The highest BCUT2D eigenvalue weighted by molar-refractivity contribution is 9.10. The number of hydrogen-bond acceptors (Lipinski definition) is 4. The molecule has 0 unspecified atom stereocenters. The van der Waals surface area contributed by atoms with Gasteiger partial charge in [0.15, 0.2) is 0 Å². The molecular weight excluding hydrogens is 294 g/mol. The number of ether oxygens (including phenoxy) is 1. The van der Waals surface area contributed by atoms with Gasteiger partial charge in [-0.2, -0.15) is 0 Å². The van der Waals surface area contributed by atoms with Crippen molar-refractivity contribution in [3.8, 4) is 11.6 Å². The summed E-state index contributed by atoms with van der Waals surface area (Å²) < 4.78 is 6.36. The molecule has 18 heavy (non-hydrogen) atoms. The van der Waals surface area contributed by atoms with E-state index in [9.17, 15) is 0 Å². The van der Waals surface area contributed by atoms with Crippen molar-refractivity contribution in [2.24, 2.45) is 0 Å². The second-order valence-corrected chi connectivity index (χ2v) is 4.50. The molecule has 0 fully saturated rings. The van der Waals surface area contributed by atoms with Crippen molar-refractivity contribution in [3.05, 3.63) is 53.5 Å². The third kappa shape index (κ3) is 2.17. The number of fused-ring (bicyclic) bond motifs is 1. The van der Waals surface area contributed by atoms with Crippen LogP contribution in [-0.2, 0) is 0 Å². The summed E-state index contributed by atoms with van der Waals surface area (Å²) >= 11 is 3.33. The van der Waals surface area contributed by atoms with Gasteiger partial charge in [0, 0.05) is 11.6 Å². The zero-order valence-corrected chi connectivity index (χ0v) is 10.8. The fraction of sp³-hybridized carbons (Fsp3) is 0. The molecule has 1 aromatic carbocycles. The van der Waals surface area contributed by atoms with Gasteiger partial charge < -0.3 is 4.74 Å². The number of halogens is 1. The Bertz CT molecular complexity index is 702. The lowest BCUT2D eigenvalue weighted by atomic mass is 10.2. The fourth-order valence-corrected chi connectivity index (χ4v) is 1.90. The van der Waals surface area contributed by atoms with E-state index >= 15 is 0 Å². The summed E-state index contributed by atoms with van der Waals surface area (Å²) in [6, 6.07) is 9.80. The zero-order chi connectivity index (χ0) is 12.4. The lowest BCUT2D eigenvalue weighted by molar-refractivity contribution is 0.457. The van der Waals surface area contributed by atoms with Crippen molar-refractivity contribution < 1.29 is 4.74 Å². The van der Waals surface area contributed by atoms with Crippen molar-refractivity contribution in [2.75, 3.05) is 0 Å². The standard InChI is InChI=1S/C13H8BrN3O/c14-11-7-15-8-17-13(11)18-10-5-9-3-1-2-4-12(9)16-6-10/h1-8H. The molecule has 2 aromatic heterocycles. The molecule has 0 aliphatic carbocycles. The van der Waals surface area contributed by atoms with Crippen molar-refractivity contribution in [1.29, 1.82) is 0 Å². The number of hydrogen-bond donors (Lipinski definition) is 0. The van der Waals surface area contributed by atoms with Gasteiger partial charge in [0.1, 0.15) is 12.1 Å². The average molecular weight is 302 g/mol. The van der Waals surface area contributed by atoms with Crippen molar-refractivity contribution in [3.63, 3.8) is 0 Å². The Labute approximate surface area is 112 Å². The first-order chi connectivity index (χ1) is 8.83. The van der Waals surface area contributed by atoms with Crippen LogP contribution in [0.2, 0.25) is 0 Å². The quantitative estimate of drug-likeness (QED) is 0.726. The maximum atomic E-state index is 5.66. The van der Waals surface area contributed by atoms with Crippen molar-refractivity contribution in [1.82, 2.24) is 15.0 Å². The van der Waals surface area contributed by atoms with Gasteiger partial charge in [-0.3, -0.25) is 4.98 Å². The lowest BCUT2D eigenvalue weighted by Crippen LogP contribution is -1.91. The molecule has 0 amide bonds. The van der Waals surface area contributed by atoms with E-state index < -0.39 is 0 Å². The van der Waals surface area contributed by atoms with E-state index in [0.717, 1.165) is 10.9 Å². The van der Waals surface area contributed by atoms with E-state index in [2.05, 4.69) is 30.9 Å². The van der Waals surface area contributed by atoms with Crippen LogP contribution in [0, 0.1) is 0 Å². The number of benzene rings is 1. The maximum Gasteiger partial charge on any atom is 0.236 e. The first-order valence-corrected chi connectivity index (χ1v) is 6.10. The van der Waals surface area contributed by atoms with Gasteiger partial charge in [-0.1, -0.05) is 18.2 Å². The molecule has 0 saturated heterocycles. The maximum absolute atomic E-state index is 5.66. The summed E-state index contributed by atoms with van der Waals surface area (Å²) in [7, 11) is 0. The van der Waals surface area contributed by atoms with Gasteiger partial charge in [0.05, 0.1) is 16.2 Å². The molecular formula is C13H8BrN3O. The van der Waals surface area contributed by atoms with Gasteiger partial charge in [-0.25, -0.2) is 9.97 Å². The molecule has 0 atom stereocenters. The number of nitrogens with zero attached hydrogens (tertiary/aromatic N) is 3. The fourth-order valence-electron chi connectivity index (χ4n) is 1.59. The van der Waals surface area contributed by atoms with Gasteiger partial charge in [-0.15, -0.1) is 0 Å². The Morgan fingerprint density at radius 1 is 1.06 bits per heavy atom. The predicted molar refractivity (Wildman–Crippen MR) is 71.5 cm³/mol. The monoisotopic (exact) mass is 301 g/mol. The summed E-state index contributed by atoms with van der Waals surface area (Å²) in [4.78, 5) is 12.3. The molecule has 3 rings (SSSR count). The summed E-state index contributed by atoms with van der Waals surface area (Å²) in [6.07, 6.45) is 4.75. The molecule has 0 aliphatic rings. The van der Waals surface area contributed by atoms with Crippen LogP contribution in [0.5, 0.6) is 11.6 Å². The summed E-state index contributed by atoms with van der Waals surface area (Å²) in [5, 5.41) is 1.03. The zero-order valence-electron chi connectivity index (χ0n) is 9.25. The largest absolute Gasteiger partial charge is 0.436 e. The van der Waals surface area contributed by atoms with Crippen LogP contribution in [0.4, 0.5) is 0 Å². The van der Waals surface area contributed by atoms with E-state index in [1.54, 1.807) is 12.4 Å². The van der Waals surface area contributed by atoms with Crippen LogP contribution >= 0.6 is 15.9 Å². The molecule has 4 nitrogen and oxygen atoms in total. The SMILES string of the molecule is Brc1cncnc1Oc1cnc2ccccc2c1. The van der Waals surface area contributed by atoms with Crippen molar-refractivity contribution >= 4 is 26.8 Å². The first kappa shape index (κ1) is 11.1. The summed E-state index contributed by atoms with van der Waals surface area (Å²) in [6.45, 7) is 0. The normalized spacial score (nSPS) is 10.5. The Kier molecular flexibility index (Phi) is 2.90. The number of rotatable bonds is 2. The molecule has 3 aromatic rings. The summed E-state index contributed by atoms with van der Waals surface area (Å²) in [5.74, 6) is 1.12. The second kappa shape index (κ2) is 4.70. The number of pyridine rings is 1. The van der Waals surface area contributed by atoms with E-state index in [0.29, 0.717) is 16.1 Å². The molecule has 88 valence electrons. The molecule has 5 heteroatoms.